The van der Waals surface area contributed by atoms with Gasteiger partial charge in [-0.3, -0.25) is 10.2 Å². The maximum absolute atomic E-state index is 12.7. The second kappa shape index (κ2) is 7.93. The van der Waals surface area contributed by atoms with Gasteiger partial charge in [0.15, 0.2) is 9.84 Å². The van der Waals surface area contributed by atoms with Gasteiger partial charge in [0.25, 0.3) is 0 Å². The van der Waals surface area contributed by atoms with E-state index in [0.29, 0.717) is 23.4 Å². The van der Waals surface area contributed by atoms with Crippen molar-refractivity contribution in [3.05, 3.63) is 48.0 Å². The minimum atomic E-state index is -3.23. The van der Waals surface area contributed by atoms with Crippen LogP contribution < -0.4 is 20.9 Å². The smallest absolute Gasteiger partial charge is 0.238 e. The lowest BCUT2D eigenvalue weighted by atomic mass is 9.96. The molecule has 8 heteroatoms. The molecule has 2 heterocycles. The number of ether oxygens (including phenoxy) is 1. The van der Waals surface area contributed by atoms with Gasteiger partial charge in [-0.2, -0.15) is 0 Å². The largest absolute Gasteiger partial charge is 0.487 e. The molecule has 2 aliphatic heterocycles. The number of carbonyl (C=O) groups excluding carboxylic acids is 1. The molecule has 3 N–H and O–H groups in total. The third-order valence-corrected chi connectivity index (χ3v) is 7.76. The molecule has 0 aromatic heterocycles. The molecule has 3 aliphatic rings. The van der Waals surface area contributed by atoms with Gasteiger partial charge in [0.05, 0.1) is 11.4 Å². The first-order chi connectivity index (χ1) is 14.9. The SMILES string of the molecule is CS(=O)(=O)c1ccc(-c2cccc3c2OC(CNC(=O)C2NNC4CCCC42)C3)cc1. The molecule has 2 aromatic carbocycles. The molecule has 2 aromatic rings. The van der Waals surface area contributed by atoms with Crippen LogP contribution in [-0.2, 0) is 21.1 Å². The van der Waals surface area contributed by atoms with E-state index < -0.39 is 9.84 Å². The van der Waals surface area contributed by atoms with Gasteiger partial charge in [-0.1, -0.05) is 36.8 Å². The van der Waals surface area contributed by atoms with Crippen molar-refractivity contribution in [3.8, 4) is 16.9 Å². The van der Waals surface area contributed by atoms with E-state index in [9.17, 15) is 13.2 Å². The van der Waals surface area contributed by atoms with E-state index >= 15 is 0 Å². The number of amides is 1. The number of hydrogen-bond donors (Lipinski definition) is 3. The molecule has 0 spiro atoms. The number of nitrogens with one attached hydrogen (secondary N) is 3. The van der Waals surface area contributed by atoms with Crippen LogP contribution in [0.15, 0.2) is 47.4 Å². The summed E-state index contributed by atoms with van der Waals surface area (Å²) in [6.07, 6.45) is 5.18. The number of hydrogen-bond acceptors (Lipinski definition) is 6. The van der Waals surface area contributed by atoms with Crippen LogP contribution in [0.25, 0.3) is 11.1 Å². The fourth-order valence-corrected chi connectivity index (χ4v) is 5.65. The summed E-state index contributed by atoms with van der Waals surface area (Å²) in [5.41, 5.74) is 9.34. The summed E-state index contributed by atoms with van der Waals surface area (Å²) in [4.78, 5) is 13.0. The Morgan fingerprint density at radius 2 is 1.94 bits per heavy atom. The highest BCUT2D eigenvalue weighted by Gasteiger charge is 2.42. The third-order valence-electron chi connectivity index (χ3n) is 6.63. The number of hydrazine groups is 1. The Morgan fingerprint density at radius 1 is 1.13 bits per heavy atom. The monoisotopic (exact) mass is 441 g/mol. The Balaban J connectivity index is 1.25. The number of rotatable bonds is 5. The summed E-state index contributed by atoms with van der Waals surface area (Å²) in [6, 6.07) is 13.1. The Kier molecular flexibility index (Phi) is 5.24. The molecule has 0 radical (unpaired) electrons. The quantitative estimate of drug-likeness (QED) is 0.655. The molecule has 0 bridgehead atoms. The molecule has 2 fully saturated rings. The number of fused-ring (bicyclic) bond motifs is 2. The standard InChI is InChI=1S/C23H27N3O4S/c1-31(28,29)17-10-8-14(9-11-17)18-5-2-4-15-12-16(30-22(15)18)13-24-23(27)21-19-6-3-7-20(19)25-26-21/h2,4-5,8-11,16,19-21,25-26H,3,6-7,12-13H2,1H3,(H,24,27). The lowest BCUT2D eigenvalue weighted by Crippen LogP contribution is -2.48. The molecule has 164 valence electrons. The van der Waals surface area contributed by atoms with Crippen molar-refractivity contribution in [2.75, 3.05) is 12.8 Å². The number of sulfone groups is 1. The first-order valence-electron chi connectivity index (χ1n) is 10.8. The first-order valence-corrected chi connectivity index (χ1v) is 12.7. The molecule has 1 amide bonds. The van der Waals surface area contributed by atoms with Gasteiger partial charge in [-0.15, -0.1) is 0 Å². The zero-order chi connectivity index (χ0) is 21.6. The van der Waals surface area contributed by atoms with E-state index in [1.54, 1.807) is 24.3 Å². The van der Waals surface area contributed by atoms with Crippen molar-refractivity contribution in [2.45, 2.75) is 48.8 Å². The van der Waals surface area contributed by atoms with Crippen molar-refractivity contribution in [1.29, 1.82) is 0 Å². The molecular weight excluding hydrogens is 414 g/mol. The fourth-order valence-electron chi connectivity index (χ4n) is 5.02. The molecule has 5 rings (SSSR count). The van der Waals surface area contributed by atoms with Gasteiger partial charge in [0, 0.05) is 30.2 Å². The predicted molar refractivity (Wildman–Crippen MR) is 117 cm³/mol. The molecule has 1 saturated heterocycles. The Labute approximate surface area is 182 Å². The maximum atomic E-state index is 12.7. The second-order valence-electron chi connectivity index (χ2n) is 8.75. The molecule has 4 unspecified atom stereocenters. The van der Waals surface area contributed by atoms with E-state index in [2.05, 4.69) is 16.2 Å². The Bertz CT molecular complexity index is 1100. The molecule has 31 heavy (non-hydrogen) atoms. The molecule has 1 aliphatic carbocycles. The van der Waals surface area contributed by atoms with E-state index in [-0.39, 0.29) is 18.1 Å². The zero-order valence-corrected chi connectivity index (χ0v) is 18.2. The summed E-state index contributed by atoms with van der Waals surface area (Å²) in [6.45, 7) is 0.454. The van der Waals surface area contributed by atoms with E-state index in [4.69, 9.17) is 4.74 Å². The van der Waals surface area contributed by atoms with Crippen LogP contribution >= 0.6 is 0 Å². The van der Waals surface area contributed by atoms with Crippen LogP contribution in [0.5, 0.6) is 5.75 Å². The average Bonchev–Trinajstić information content (AvgIpc) is 3.46. The van der Waals surface area contributed by atoms with Crippen molar-refractivity contribution in [1.82, 2.24) is 16.2 Å². The molecule has 7 nitrogen and oxygen atoms in total. The van der Waals surface area contributed by atoms with Gasteiger partial charge in [-0.05, 0) is 36.1 Å². The van der Waals surface area contributed by atoms with Crippen molar-refractivity contribution in [2.24, 2.45) is 5.92 Å². The average molecular weight is 442 g/mol. The van der Waals surface area contributed by atoms with Crippen LogP contribution in [0.3, 0.4) is 0 Å². The van der Waals surface area contributed by atoms with E-state index in [1.165, 1.54) is 12.7 Å². The van der Waals surface area contributed by atoms with E-state index in [1.807, 2.05) is 18.2 Å². The van der Waals surface area contributed by atoms with Crippen molar-refractivity contribution >= 4 is 15.7 Å². The normalized spacial score (nSPS) is 26.9. The molecule has 1 saturated carbocycles. The third kappa shape index (κ3) is 3.95. The number of para-hydroxylation sites is 1. The van der Waals surface area contributed by atoms with Crippen molar-refractivity contribution < 1.29 is 17.9 Å². The highest BCUT2D eigenvalue weighted by Crippen LogP contribution is 2.39. The first kappa shape index (κ1) is 20.5. The van der Waals surface area contributed by atoms with E-state index in [0.717, 1.165) is 41.7 Å². The van der Waals surface area contributed by atoms with Crippen molar-refractivity contribution in [3.63, 3.8) is 0 Å². The van der Waals surface area contributed by atoms with Crippen LogP contribution in [0.2, 0.25) is 0 Å². The maximum Gasteiger partial charge on any atom is 0.238 e. The topological polar surface area (TPSA) is 96.5 Å². The fraction of sp³-hybridized carbons (Fsp3) is 0.435. The summed E-state index contributed by atoms with van der Waals surface area (Å²) in [5.74, 6) is 1.20. The Morgan fingerprint density at radius 3 is 2.71 bits per heavy atom. The minimum absolute atomic E-state index is 0.0260. The van der Waals surface area contributed by atoms with Crippen LogP contribution in [0.1, 0.15) is 24.8 Å². The van der Waals surface area contributed by atoms with Crippen LogP contribution in [-0.4, -0.2) is 45.3 Å². The highest BCUT2D eigenvalue weighted by molar-refractivity contribution is 7.90. The van der Waals surface area contributed by atoms with Gasteiger partial charge in [0.1, 0.15) is 17.9 Å². The van der Waals surface area contributed by atoms with Crippen LogP contribution in [0, 0.1) is 5.92 Å². The lowest BCUT2D eigenvalue weighted by molar-refractivity contribution is -0.124. The number of benzene rings is 2. The molecular formula is C23H27N3O4S. The summed E-state index contributed by atoms with van der Waals surface area (Å²) in [7, 11) is -3.23. The van der Waals surface area contributed by atoms with Gasteiger partial charge >= 0.3 is 0 Å². The Hall–Kier alpha value is -2.42. The zero-order valence-electron chi connectivity index (χ0n) is 17.4. The summed E-state index contributed by atoms with van der Waals surface area (Å²) in [5, 5.41) is 3.06. The predicted octanol–water partition coefficient (Wildman–Crippen LogP) is 1.82. The van der Waals surface area contributed by atoms with Gasteiger partial charge < -0.3 is 10.1 Å². The minimum Gasteiger partial charge on any atom is -0.487 e. The van der Waals surface area contributed by atoms with Gasteiger partial charge in [-0.25, -0.2) is 13.8 Å². The second-order valence-corrected chi connectivity index (χ2v) is 10.8. The highest BCUT2D eigenvalue weighted by atomic mass is 32.2. The molecule has 4 atom stereocenters. The summed E-state index contributed by atoms with van der Waals surface area (Å²) >= 11 is 0. The summed E-state index contributed by atoms with van der Waals surface area (Å²) < 4.78 is 29.7. The number of carbonyl (C=O) groups is 1. The van der Waals surface area contributed by atoms with Crippen LogP contribution in [0.4, 0.5) is 0 Å². The lowest BCUT2D eigenvalue weighted by Gasteiger charge is -2.18. The van der Waals surface area contributed by atoms with Gasteiger partial charge in [0.2, 0.25) is 5.91 Å².